The molecule has 0 radical (unpaired) electrons. The van der Waals surface area contributed by atoms with Crippen LogP contribution < -0.4 is 5.32 Å². The highest BCUT2D eigenvalue weighted by molar-refractivity contribution is 5.86. The highest BCUT2D eigenvalue weighted by Gasteiger charge is 2.45. The SMILES string of the molecule is CNC1(c2ccc(C(=O)OC)o2)CC1. The Bertz CT molecular complexity index is 352. The second kappa shape index (κ2) is 3.13. The van der Waals surface area contributed by atoms with Crippen molar-refractivity contribution in [1.82, 2.24) is 5.32 Å². The first-order valence-corrected chi connectivity index (χ1v) is 4.59. The van der Waals surface area contributed by atoms with Crippen LogP contribution in [0.5, 0.6) is 0 Å². The molecule has 0 spiro atoms. The van der Waals surface area contributed by atoms with Crippen LogP contribution in [0, 0.1) is 0 Å². The number of furan rings is 1. The fourth-order valence-corrected chi connectivity index (χ4v) is 1.55. The van der Waals surface area contributed by atoms with E-state index in [1.165, 1.54) is 7.11 Å². The van der Waals surface area contributed by atoms with Crippen LogP contribution in [0.4, 0.5) is 0 Å². The smallest absolute Gasteiger partial charge is 0.373 e. The summed E-state index contributed by atoms with van der Waals surface area (Å²) in [7, 11) is 3.24. The number of nitrogens with one attached hydrogen (secondary N) is 1. The third kappa shape index (κ3) is 1.32. The van der Waals surface area contributed by atoms with E-state index in [4.69, 9.17) is 4.42 Å². The maximum Gasteiger partial charge on any atom is 0.373 e. The van der Waals surface area contributed by atoms with E-state index in [1.807, 2.05) is 13.1 Å². The molecule has 0 unspecified atom stereocenters. The lowest BCUT2D eigenvalue weighted by atomic mass is 10.2. The van der Waals surface area contributed by atoms with Crippen LogP contribution in [0.25, 0.3) is 0 Å². The number of rotatable bonds is 3. The Morgan fingerprint density at radius 3 is 2.79 bits per heavy atom. The first-order valence-electron chi connectivity index (χ1n) is 4.59. The molecular weight excluding hydrogens is 182 g/mol. The Kier molecular flexibility index (Phi) is 2.07. The van der Waals surface area contributed by atoms with Gasteiger partial charge in [-0.25, -0.2) is 4.79 Å². The van der Waals surface area contributed by atoms with Gasteiger partial charge in [0.25, 0.3) is 0 Å². The van der Waals surface area contributed by atoms with Crippen molar-refractivity contribution in [3.8, 4) is 0 Å². The van der Waals surface area contributed by atoms with Gasteiger partial charge >= 0.3 is 5.97 Å². The van der Waals surface area contributed by atoms with Crippen molar-refractivity contribution in [3.63, 3.8) is 0 Å². The van der Waals surface area contributed by atoms with Crippen LogP contribution in [-0.4, -0.2) is 20.1 Å². The molecule has 0 aliphatic heterocycles. The molecule has 4 heteroatoms. The van der Waals surface area contributed by atoms with Crippen molar-refractivity contribution in [2.75, 3.05) is 14.2 Å². The van der Waals surface area contributed by atoms with Crippen LogP contribution in [0.2, 0.25) is 0 Å². The molecule has 0 atom stereocenters. The van der Waals surface area contributed by atoms with Gasteiger partial charge in [0, 0.05) is 0 Å². The quantitative estimate of drug-likeness (QED) is 0.738. The van der Waals surface area contributed by atoms with Crippen LogP contribution >= 0.6 is 0 Å². The number of hydrogen-bond acceptors (Lipinski definition) is 4. The van der Waals surface area contributed by atoms with Crippen molar-refractivity contribution < 1.29 is 13.9 Å². The fourth-order valence-electron chi connectivity index (χ4n) is 1.55. The summed E-state index contributed by atoms with van der Waals surface area (Å²) in [6.07, 6.45) is 2.11. The van der Waals surface area contributed by atoms with Gasteiger partial charge < -0.3 is 14.5 Å². The Morgan fingerprint density at radius 2 is 2.29 bits per heavy atom. The zero-order chi connectivity index (χ0) is 10.2. The van der Waals surface area contributed by atoms with Gasteiger partial charge in [-0.15, -0.1) is 0 Å². The third-order valence-corrected chi connectivity index (χ3v) is 2.69. The first-order chi connectivity index (χ1) is 6.72. The average molecular weight is 195 g/mol. The van der Waals surface area contributed by atoms with E-state index in [9.17, 15) is 4.79 Å². The molecule has 0 aromatic carbocycles. The molecular formula is C10H13NO3. The van der Waals surface area contributed by atoms with Crippen molar-refractivity contribution >= 4 is 5.97 Å². The molecule has 1 aliphatic carbocycles. The van der Waals surface area contributed by atoms with Crippen LogP contribution in [-0.2, 0) is 10.3 Å². The summed E-state index contributed by atoms with van der Waals surface area (Å²) in [5, 5.41) is 3.19. The van der Waals surface area contributed by atoms with Gasteiger partial charge in [-0.2, -0.15) is 0 Å². The summed E-state index contributed by atoms with van der Waals surface area (Å²) >= 11 is 0. The van der Waals surface area contributed by atoms with Gasteiger partial charge in [0.1, 0.15) is 5.76 Å². The summed E-state index contributed by atoms with van der Waals surface area (Å²) in [5.41, 5.74) is -0.0354. The lowest BCUT2D eigenvalue weighted by Gasteiger charge is -2.09. The van der Waals surface area contributed by atoms with Gasteiger partial charge in [0.2, 0.25) is 5.76 Å². The highest BCUT2D eigenvalue weighted by Crippen LogP contribution is 2.45. The number of carbonyl (C=O) groups is 1. The maximum atomic E-state index is 11.1. The Morgan fingerprint density at radius 1 is 1.57 bits per heavy atom. The maximum absolute atomic E-state index is 11.1. The minimum Gasteiger partial charge on any atom is -0.463 e. The molecule has 1 saturated carbocycles. The first kappa shape index (κ1) is 9.27. The summed E-state index contributed by atoms with van der Waals surface area (Å²) in [5.74, 6) is 0.660. The van der Waals surface area contributed by atoms with Gasteiger partial charge in [-0.05, 0) is 32.0 Å². The molecule has 2 rings (SSSR count). The molecule has 1 aromatic heterocycles. The topological polar surface area (TPSA) is 51.5 Å². The average Bonchev–Trinajstić information content (AvgIpc) is 2.87. The Balaban J connectivity index is 2.22. The molecule has 14 heavy (non-hydrogen) atoms. The molecule has 0 amide bonds. The van der Waals surface area contributed by atoms with Gasteiger partial charge in [0.15, 0.2) is 0 Å². The molecule has 0 saturated heterocycles. The molecule has 4 nitrogen and oxygen atoms in total. The van der Waals surface area contributed by atoms with E-state index in [0.717, 1.165) is 18.6 Å². The van der Waals surface area contributed by atoms with Crippen molar-refractivity contribution in [3.05, 3.63) is 23.7 Å². The number of ether oxygens (including phenoxy) is 1. The largest absolute Gasteiger partial charge is 0.463 e. The molecule has 1 heterocycles. The van der Waals surface area contributed by atoms with E-state index in [2.05, 4.69) is 10.1 Å². The van der Waals surface area contributed by atoms with Gasteiger partial charge in [0.05, 0.1) is 12.6 Å². The van der Waals surface area contributed by atoms with Crippen molar-refractivity contribution in [1.29, 1.82) is 0 Å². The number of methoxy groups -OCH3 is 1. The number of esters is 1. The molecule has 76 valence electrons. The Hall–Kier alpha value is -1.29. The van der Waals surface area contributed by atoms with Crippen molar-refractivity contribution in [2.45, 2.75) is 18.4 Å². The van der Waals surface area contributed by atoms with Crippen LogP contribution in [0.15, 0.2) is 16.5 Å². The lowest BCUT2D eigenvalue weighted by molar-refractivity contribution is 0.0561. The summed E-state index contributed by atoms with van der Waals surface area (Å²) in [6, 6.07) is 3.48. The predicted octanol–water partition coefficient (Wildman–Crippen LogP) is 1.27. The van der Waals surface area contributed by atoms with E-state index < -0.39 is 5.97 Å². The predicted molar refractivity (Wildman–Crippen MR) is 50.0 cm³/mol. The summed E-state index contributed by atoms with van der Waals surface area (Å²) in [6.45, 7) is 0. The van der Waals surface area contributed by atoms with E-state index in [-0.39, 0.29) is 11.3 Å². The second-order valence-electron chi connectivity index (χ2n) is 3.49. The van der Waals surface area contributed by atoms with E-state index in [1.54, 1.807) is 6.07 Å². The zero-order valence-electron chi connectivity index (χ0n) is 8.29. The van der Waals surface area contributed by atoms with Gasteiger partial charge in [-0.1, -0.05) is 0 Å². The monoisotopic (exact) mass is 195 g/mol. The molecule has 1 N–H and O–H groups in total. The van der Waals surface area contributed by atoms with Crippen molar-refractivity contribution in [2.24, 2.45) is 0 Å². The highest BCUT2D eigenvalue weighted by atomic mass is 16.5. The van der Waals surface area contributed by atoms with E-state index >= 15 is 0 Å². The third-order valence-electron chi connectivity index (χ3n) is 2.69. The fraction of sp³-hybridized carbons (Fsp3) is 0.500. The zero-order valence-corrected chi connectivity index (χ0v) is 8.29. The van der Waals surface area contributed by atoms with Crippen LogP contribution in [0.3, 0.4) is 0 Å². The lowest BCUT2D eigenvalue weighted by Crippen LogP contribution is -2.23. The number of carbonyl (C=O) groups excluding carboxylic acids is 1. The standard InChI is InChI=1S/C10H13NO3/c1-11-10(5-6-10)8-4-3-7(14-8)9(12)13-2/h3-4,11H,5-6H2,1-2H3. The normalized spacial score (nSPS) is 17.9. The van der Waals surface area contributed by atoms with E-state index in [0.29, 0.717) is 0 Å². The minimum absolute atomic E-state index is 0.0354. The molecule has 1 aromatic rings. The molecule has 0 bridgehead atoms. The minimum atomic E-state index is -0.428. The Labute approximate surface area is 82.2 Å². The summed E-state index contributed by atoms with van der Waals surface area (Å²) < 4.78 is 9.98. The summed E-state index contributed by atoms with van der Waals surface area (Å²) in [4.78, 5) is 11.1. The molecule has 1 fully saturated rings. The molecule has 1 aliphatic rings. The van der Waals surface area contributed by atoms with Gasteiger partial charge in [-0.3, -0.25) is 0 Å². The van der Waals surface area contributed by atoms with Crippen LogP contribution in [0.1, 0.15) is 29.2 Å². The number of hydrogen-bond donors (Lipinski definition) is 1. The second-order valence-corrected chi connectivity index (χ2v) is 3.49.